The minimum absolute atomic E-state index is 0.0415. The SMILES string of the molecule is COC(=O)[C@@H]1CC2=CC(=O)CC[C@]2(C)[C@@H]2[C@@H]1[C@H]1CC[C@@]3(CCC(=O)O3)[C@]1(C)C[C@H]2O. The molecule has 6 heteroatoms. The third-order valence-electron chi connectivity index (χ3n) is 9.79. The lowest BCUT2D eigenvalue weighted by molar-refractivity contribution is -0.197. The zero-order valence-electron chi connectivity index (χ0n) is 18.1. The van der Waals surface area contributed by atoms with Crippen LogP contribution in [-0.2, 0) is 23.9 Å². The summed E-state index contributed by atoms with van der Waals surface area (Å²) in [5.41, 5.74) is -0.168. The van der Waals surface area contributed by atoms with Gasteiger partial charge in [-0.1, -0.05) is 19.4 Å². The van der Waals surface area contributed by atoms with Crippen LogP contribution in [0.1, 0.15) is 65.2 Å². The van der Waals surface area contributed by atoms with Gasteiger partial charge >= 0.3 is 11.9 Å². The van der Waals surface area contributed by atoms with Crippen molar-refractivity contribution in [2.45, 2.75) is 76.9 Å². The van der Waals surface area contributed by atoms with Crippen LogP contribution in [0.5, 0.6) is 0 Å². The maximum atomic E-state index is 12.9. The average Bonchev–Trinajstić information content (AvgIpc) is 3.21. The molecule has 1 heterocycles. The van der Waals surface area contributed by atoms with E-state index in [1.807, 2.05) is 0 Å². The van der Waals surface area contributed by atoms with Gasteiger partial charge in [0.1, 0.15) is 5.60 Å². The fourth-order valence-corrected chi connectivity index (χ4v) is 8.35. The summed E-state index contributed by atoms with van der Waals surface area (Å²) in [5, 5.41) is 11.6. The van der Waals surface area contributed by atoms with E-state index in [0.717, 1.165) is 18.4 Å². The van der Waals surface area contributed by atoms with Crippen molar-refractivity contribution in [3.05, 3.63) is 11.6 Å². The second-order valence-corrected chi connectivity index (χ2v) is 10.8. The number of carbonyl (C=O) groups excluding carboxylic acids is 3. The van der Waals surface area contributed by atoms with Gasteiger partial charge in [-0.2, -0.15) is 0 Å². The minimum Gasteiger partial charge on any atom is -0.469 e. The first-order chi connectivity index (χ1) is 14.1. The molecule has 0 aromatic heterocycles. The highest BCUT2D eigenvalue weighted by Crippen LogP contribution is 2.70. The summed E-state index contributed by atoms with van der Waals surface area (Å²) in [6.45, 7) is 4.33. The van der Waals surface area contributed by atoms with Crippen LogP contribution in [0, 0.1) is 34.5 Å². The number of esters is 2. The Bertz CT molecular complexity index is 847. The van der Waals surface area contributed by atoms with Crippen LogP contribution in [0.3, 0.4) is 0 Å². The molecule has 6 nitrogen and oxygen atoms in total. The molecule has 4 aliphatic carbocycles. The summed E-state index contributed by atoms with van der Waals surface area (Å²) < 4.78 is 11.2. The molecule has 0 aromatic rings. The number of fused-ring (bicyclic) bond motifs is 6. The predicted octanol–water partition coefficient (Wildman–Crippen LogP) is 2.96. The minimum atomic E-state index is -0.611. The third kappa shape index (κ3) is 2.43. The van der Waals surface area contributed by atoms with Gasteiger partial charge in [-0.3, -0.25) is 14.4 Å². The van der Waals surface area contributed by atoms with E-state index in [-0.39, 0.29) is 52.2 Å². The fourth-order valence-electron chi connectivity index (χ4n) is 8.35. The second kappa shape index (κ2) is 6.41. The summed E-state index contributed by atoms with van der Waals surface area (Å²) in [6, 6.07) is 0. The molecule has 164 valence electrons. The Hall–Kier alpha value is -1.69. The summed E-state index contributed by atoms with van der Waals surface area (Å²) in [5.74, 6) is -0.636. The van der Waals surface area contributed by atoms with E-state index in [4.69, 9.17) is 9.47 Å². The van der Waals surface area contributed by atoms with Crippen molar-refractivity contribution in [1.29, 1.82) is 0 Å². The van der Waals surface area contributed by atoms with Crippen LogP contribution >= 0.6 is 0 Å². The molecule has 5 aliphatic rings. The monoisotopic (exact) mass is 416 g/mol. The van der Waals surface area contributed by atoms with Crippen molar-refractivity contribution in [3.8, 4) is 0 Å². The van der Waals surface area contributed by atoms with Gasteiger partial charge in [-0.15, -0.1) is 0 Å². The fraction of sp³-hybridized carbons (Fsp3) is 0.792. The number of rotatable bonds is 1. The van der Waals surface area contributed by atoms with Crippen LogP contribution in [-0.4, -0.2) is 41.6 Å². The Kier molecular flexibility index (Phi) is 4.32. The lowest BCUT2D eigenvalue weighted by Gasteiger charge is -2.62. The van der Waals surface area contributed by atoms with Crippen molar-refractivity contribution in [3.63, 3.8) is 0 Å². The van der Waals surface area contributed by atoms with Crippen molar-refractivity contribution in [2.75, 3.05) is 7.11 Å². The van der Waals surface area contributed by atoms with Crippen LogP contribution in [0.25, 0.3) is 0 Å². The first-order valence-electron chi connectivity index (χ1n) is 11.4. The van der Waals surface area contributed by atoms with Gasteiger partial charge in [0.2, 0.25) is 0 Å². The van der Waals surface area contributed by atoms with E-state index in [1.165, 1.54) is 7.11 Å². The zero-order chi connectivity index (χ0) is 21.5. The van der Waals surface area contributed by atoms with Crippen LogP contribution in [0.15, 0.2) is 11.6 Å². The van der Waals surface area contributed by atoms with E-state index in [2.05, 4.69) is 13.8 Å². The number of hydrogen-bond acceptors (Lipinski definition) is 6. The molecule has 0 amide bonds. The highest BCUT2D eigenvalue weighted by molar-refractivity contribution is 5.92. The van der Waals surface area contributed by atoms with Gasteiger partial charge < -0.3 is 14.6 Å². The maximum Gasteiger partial charge on any atom is 0.309 e. The summed E-state index contributed by atoms with van der Waals surface area (Å²) in [4.78, 5) is 37.2. The number of ether oxygens (including phenoxy) is 2. The molecule has 1 aliphatic heterocycles. The van der Waals surface area contributed by atoms with Gasteiger partial charge in [0.15, 0.2) is 5.78 Å². The molecule has 30 heavy (non-hydrogen) atoms. The Morgan fingerprint density at radius 3 is 2.63 bits per heavy atom. The Labute approximate surface area is 177 Å². The number of allylic oxidation sites excluding steroid dienone is 1. The quantitative estimate of drug-likeness (QED) is 0.661. The van der Waals surface area contributed by atoms with Crippen molar-refractivity contribution in [1.82, 2.24) is 0 Å². The van der Waals surface area contributed by atoms with Crippen LogP contribution < -0.4 is 0 Å². The van der Waals surface area contributed by atoms with E-state index in [0.29, 0.717) is 38.5 Å². The average molecular weight is 417 g/mol. The van der Waals surface area contributed by atoms with E-state index >= 15 is 0 Å². The molecular weight excluding hydrogens is 384 g/mol. The Morgan fingerprint density at radius 2 is 1.97 bits per heavy atom. The number of methoxy groups -OCH3 is 1. The van der Waals surface area contributed by atoms with E-state index < -0.39 is 11.7 Å². The molecule has 3 saturated carbocycles. The van der Waals surface area contributed by atoms with Gasteiger partial charge in [0.25, 0.3) is 0 Å². The molecule has 0 unspecified atom stereocenters. The molecule has 0 bridgehead atoms. The van der Waals surface area contributed by atoms with Gasteiger partial charge in [0, 0.05) is 18.3 Å². The lowest BCUT2D eigenvalue weighted by Crippen LogP contribution is -2.62. The van der Waals surface area contributed by atoms with E-state index in [9.17, 15) is 19.5 Å². The summed E-state index contributed by atoms with van der Waals surface area (Å²) in [7, 11) is 1.42. The topological polar surface area (TPSA) is 89.9 Å². The highest BCUT2D eigenvalue weighted by Gasteiger charge is 2.71. The Balaban J connectivity index is 1.62. The zero-order valence-corrected chi connectivity index (χ0v) is 18.1. The normalized spacial score (nSPS) is 49.7. The molecule has 5 rings (SSSR count). The number of ketones is 1. The molecule has 0 radical (unpaired) electrons. The third-order valence-corrected chi connectivity index (χ3v) is 9.79. The smallest absolute Gasteiger partial charge is 0.309 e. The number of aliphatic hydroxyl groups excluding tert-OH is 1. The van der Waals surface area contributed by atoms with Crippen molar-refractivity contribution in [2.24, 2.45) is 34.5 Å². The maximum absolute atomic E-state index is 12.9. The highest BCUT2D eigenvalue weighted by atomic mass is 16.6. The first-order valence-corrected chi connectivity index (χ1v) is 11.4. The molecular formula is C24H32O6. The molecule has 1 N–H and O–H groups in total. The second-order valence-electron chi connectivity index (χ2n) is 10.8. The van der Waals surface area contributed by atoms with Crippen molar-refractivity contribution >= 4 is 17.7 Å². The number of carbonyl (C=O) groups is 3. The van der Waals surface area contributed by atoms with Crippen molar-refractivity contribution < 1.29 is 29.0 Å². The van der Waals surface area contributed by atoms with Crippen LogP contribution in [0.2, 0.25) is 0 Å². The van der Waals surface area contributed by atoms with E-state index in [1.54, 1.807) is 6.08 Å². The molecule has 4 fully saturated rings. The number of hydrogen-bond donors (Lipinski definition) is 1. The standard InChI is InChI=1S/C24H32O6/c1-22-7-4-14(25)10-13(22)11-15(21(28)29-3)19-16-5-8-24(9-6-18(27)30-24)23(16,2)12-17(26)20(19)22/h10,15-17,19-20,26H,4-9,11-12H2,1-3H3/t15-,16-,17-,19+,20+,22+,23-,24-/m1/s1. The largest absolute Gasteiger partial charge is 0.469 e. The summed E-state index contributed by atoms with van der Waals surface area (Å²) in [6.07, 6.45) is 6.21. The van der Waals surface area contributed by atoms with Gasteiger partial charge in [-0.05, 0) is 67.8 Å². The molecule has 1 spiro atoms. The lowest BCUT2D eigenvalue weighted by atomic mass is 9.43. The molecule has 8 atom stereocenters. The van der Waals surface area contributed by atoms with Gasteiger partial charge in [0.05, 0.1) is 19.1 Å². The summed E-state index contributed by atoms with van der Waals surface area (Å²) >= 11 is 0. The number of aliphatic hydroxyl groups is 1. The predicted molar refractivity (Wildman–Crippen MR) is 107 cm³/mol. The first kappa shape index (κ1) is 20.2. The molecule has 1 saturated heterocycles. The van der Waals surface area contributed by atoms with Crippen LogP contribution in [0.4, 0.5) is 0 Å². The molecule has 0 aromatic carbocycles. The van der Waals surface area contributed by atoms with Gasteiger partial charge in [-0.25, -0.2) is 0 Å². The Morgan fingerprint density at radius 1 is 1.20 bits per heavy atom.